The molecule has 3 N–H and O–H groups in total. The Kier molecular flexibility index (Phi) is 5.77. The topological polar surface area (TPSA) is 78.4 Å². The van der Waals surface area contributed by atoms with Crippen LogP contribution in [0.3, 0.4) is 0 Å². The van der Waals surface area contributed by atoms with Crippen molar-refractivity contribution in [1.82, 2.24) is 5.32 Å². The number of halogens is 1. The molecule has 0 aliphatic carbocycles. The van der Waals surface area contributed by atoms with Gasteiger partial charge in [0.1, 0.15) is 11.9 Å². The maximum atomic E-state index is 13.5. The van der Waals surface area contributed by atoms with E-state index in [4.69, 9.17) is 0 Å². The monoisotopic (exact) mass is 390 g/mol. The van der Waals surface area contributed by atoms with Gasteiger partial charge in [0.2, 0.25) is 0 Å². The third kappa shape index (κ3) is 4.34. The van der Waals surface area contributed by atoms with Crippen LogP contribution in [0.15, 0.2) is 53.9 Å². The molecule has 0 unspecified atom stereocenters. The van der Waals surface area contributed by atoms with Crippen LogP contribution >= 0.6 is 22.7 Å². The average molecular weight is 390 g/mol. The molecule has 0 saturated heterocycles. The average Bonchev–Trinajstić information content (AvgIpc) is 3.33. The van der Waals surface area contributed by atoms with Crippen LogP contribution in [0, 0.1) is 5.82 Å². The van der Waals surface area contributed by atoms with Crippen molar-refractivity contribution in [2.45, 2.75) is 12.6 Å². The van der Waals surface area contributed by atoms with Gasteiger partial charge in [-0.3, -0.25) is 9.59 Å². The molecule has 3 aromatic rings. The molecule has 1 atom stereocenters. The lowest BCUT2D eigenvalue weighted by Crippen LogP contribution is -2.35. The van der Waals surface area contributed by atoms with E-state index in [9.17, 15) is 19.1 Å². The van der Waals surface area contributed by atoms with Crippen molar-refractivity contribution < 1.29 is 19.1 Å². The molecule has 2 aromatic heterocycles. The maximum absolute atomic E-state index is 13.5. The van der Waals surface area contributed by atoms with Gasteiger partial charge < -0.3 is 15.7 Å². The maximum Gasteiger partial charge on any atom is 0.313 e. The van der Waals surface area contributed by atoms with Gasteiger partial charge in [-0.2, -0.15) is 0 Å². The van der Waals surface area contributed by atoms with Crippen LogP contribution in [0.1, 0.15) is 20.7 Å². The van der Waals surface area contributed by atoms with Crippen LogP contribution in [0.2, 0.25) is 0 Å². The van der Waals surface area contributed by atoms with E-state index < -0.39 is 23.7 Å². The molecule has 0 bridgehead atoms. The Morgan fingerprint density at radius 2 is 1.85 bits per heavy atom. The van der Waals surface area contributed by atoms with E-state index in [0.29, 0.717) is 0 Å². The third-order valence-electron chi connectivity index (χ3n) is 3.52. The van der Waals surface area contributed by atoms with Crippen molar-refractivity contribution in [3.63, 3.8) is 0 Å². The largest absolute Gasteiger partial charge is 0.382 e. The first kappa shape index (κ1) is 18.2. The summed E-state index contributed by atoms with van der Waals surface area (Å²) in [6, 6.07) is 12.9. The van der Waals surface area contributed by atoms with Crippen molar-refractivity contribution in [2.24, 2.45) is 0 Å². The molecule has 26 heavy (non-hydrogen) atoms. The number of anilines is 1. The Bertz CT molecular complexity index is 909. The van der Waals surface area contributed by atoms with Gasteiger partial charge in [0.05, 0.1) is 12.2 Å². The molecule has 0 spiro atoms. The van der Waals surface area contributed by atoms with Gasteiger partial charge in [-0.1, -0.05) is 18.2 Å². The van der Waals surface area contributed by atoms with Crippen molar-refractivity contribution in [1.29, 1.82) is 0 Å². The number of aliphatic hydroxyl groups excluding tert-OH is 1. The lowest BCUT2D eigenvalue weighted by molar-refractivity contribution is -0.136. The molecule has 1 aromatic carbocycles. The molecule has 0 aliphatic heterocycles. The first-order valence-corrected chi connectivity index (χ1v) is 9.38. The molecule has 0 radical (unpaired) electrons. The number of thiophene rings is 2. The highest BCUT2D eigenvalue weighted by Crippen LogP contribution is 2.30. The van der Waals surface area contributed by atoms with E-state index in [1.54, 1.807) is 18.2 Å². The van der Waals surface area contributed by atoms with Gasteiger partial charge in [0.15, 0.2) is 0 Å². The summed E-state index contributed by atoms with van der Waals surface area (Å²) in [5.41, 5.74) is -0.0508. The summed E-state index contributed by atoms with van der Waals surface area (Å²) < 4.78 is 13.5. The first-order chi connectivity index (χ1) is 12.5. The summed E-state index contributed by atoms with van der Waals surface area (Å²) in [4.78, 5) is 26.1. The van der Waals surface area contributed by atoms with E-state index in [1.165, 1.54) is 40.9 Å². The van der Waals surface area contributed by atoms with E-state index in [1.807, 2.05) is 17.5 Å². The van der Waals surface area contributed by atoms with Gasteiger partial charge in [-0.15, -0.1) is 22.7 Å². The van der Waals surface area contributed by atoms with E-state index in [2.05, 4.69) is 10.6 Å². The predicted octanol–water partition coefficient (Wildman–Crippen LogP) is 3.29. The highest BCUT2D eigenvalue weighted by Gasteiger charge is 2.17. The summed E-state index contributed by atoms with van der Waals surface area (Å²) in [6.45, 7) is 0.144. The highest BCUT2D eigenvalue weighted by molar-refractivity contribution is 7.12. The van der Waals surface area contributed by atoms with Crippen LogP contribution in [0.25, 0.3) is 0 Å². The summed E-state index contributed by atoms with van der Waals surface area (Å²) in [7, 11) is 0. The Labute approximate surface area is 157 Å². The first-order valence-electron chi connectivity index (χ1n) is 7.68. The number of amides is 2. The number of aliphatic hydroxyl groups is 1. The molecule has 2 heterocycles. The molecular formula is C18H15FN2O3S2. The van der Waals surface area contributed by atoms with Crippen molar-refractivity contribution in [3.05, 3.63) is 74.4 Å². The second-order valence-corrected chi connectivity index (χ2v) is 7.52. The van der Waals surface area contributed by atoms with Gasteiger partial charge in [0, 0.05) is 14.6 Å². The van der Waals surface area contributed by atoms with Crippen LogP contribution in [0.4, 0.5) is 10.1 Å². The molecular weight excluding hydrogens is 375 g/mol. The molecule has 0 aliphatic rings. The minimum absolute atomic E-state index is 0.0508. The van der Waals surface area contributed by atoms with Gasteiger partial charge in [0.25, 0.3) is 0 Å². The quantitative estimate of drug-likeness (QED) is 0.585. The standard InChI is InChI=1S/C18H15FN2O3S2/c19-12-4-1-2-5-13(12)21-18(24)17(23)20-10-11-7-8-15(26-11)16(22)14-6-3-9-25-14/h1-9,16,22H,10H2,(H,20,23)(H,21,24)/t16-/m1/s1. The van der Waals surface area contributed by atoms with Gasteiger partial charge in [-0.25, -0.2) is 4.39 Å². The molecule has 134 valence electrons. The molecule has 3 rings (SSSR count). The smallest absolute Gasteiger partial charge is 0.313 e. The zero-order valence-electron chi connectivity index (χ0n) is 13.4. The molecule has 2 amide bonds. The van der Waals surface area contributed by atoms with Gasteiger partial charge in [-0.05, 0) is 35.7 Å². The number of benzene rings is 1. The Morgan fingerprint density at radius 1 is 1.04 bits per heavy atom. The predicted molar refractivity (Wildman–Crippen MR) is 99.6 cm³/mol. The van der Waals surface area contributed by atoms with Crippen LogP contribution in [-0.2, 0) is 16.1 Å². The minimum atomic E-state index is -0.939. The fourth-order valence-corrected chi connectivity index (χ4v) is 3.97. The molecule has 0 fully saturated rings. The molecule has 5 nitrogen and oxygen atoms in total. The van der Waals surface area contributed by atoms with Crippen molar-refractivity contribution in [3.8, 4) is 0 Å². The summed E-state index contributed by atoms with van der Waals surface area (Å²) in [5.74, 6) is -2.41. The van der Waals surface area contributed by atoms with Crippen LogP contribution < -0.4 is 10.6 Å². The normalized spacial score (nSPS) is 11.8. The Hall–Kier alpha value is -2.55. The van der Waals surface area contributed by atoms with Crippen LogP contribution in [0.5, 0.6) is 0 Å². The second-order valence-electron chi connectivity index (χ2n) is 5.34. The Morgan fingerprint density at radius 3 is 2.58 bits per heavy atom. The van der Waals surface area contributed by atoms with E-state index in [0.717, 1.165) is 14.6 Å². The van der Waals surface area contributed by atoms with Crippen molar-refractivity contribution in [2.75, 3.05) is 5.32 Å². The lowest BCUT2D eigenvalue weighted by Gasteiger charge is -2.07. The number of hydrogen-bond acceptors (Lipinski definition) is 5. The Balaban J connectivity index is 1.55. The second kappa shape index (κ2) is 8.22. The highest BCUT2D eigenvalue weighted by atomic mass is 32.1. The number of hydrogen-bond donors (Lipinski definition) is 3. The SMILES string of the molecule is O=C(NCc1ccc([C@H](O)c2cccs2)s1)C(=O)Nc1ccccc1F. The third-order valence-corrected chi connectivity index (χ3v) is 5.58. The zero-order valence-corrected chi connectivity index (χ0v) is 15.1. The number of nitrogens with one attached hydrogen (secondary N) is 2. The van der Waals surface area contributed by atoms with Crippen LogP contribution in [-0.4, -0.2) is 16.9 Å². The summed E-state index contributed by atoms with van der Waals surface area (Å²) in [6.07, 6.45) is -0.700. The lowest BCUT2D eigenvalue weighted by atomic mass is 10.2. The fourth-order valence-electron chi connectivity index (χ4n) is 2.21. The molecule has 0 saturated carbocycles. The number of para-hydroxylation sites is 1. The fraction of sp³-hybridized carbons (Fsp3) is 0.111. The summed E-state index contributed by atoms with van der Waals surface area (Å²) in [5, 5.41) is 16.9. The number of rotatable bonds is 5. The number of carbonyl (C=O) groups is 2. The van der Waals surface area contributed by atoms with Crippen molar-refractivity contribution >= 4 is 40.2 Å². The van der Waals surface area contributed by atoms with E-state index in [-0.39, 0.29) is 12.2 Å². The molecule has 8 heteroatoms. The zero-order chi connectivity index (χ0) is 18.5. The number of carbonyl (C=O) groups excluding carboxylic acids is 2. The van der Waals surface area contributed by atoms with E-state index >= 15 is 0 Å². The van der Waals surface area contributed by atoms with Gasteiger partial charge >= 0.3 is 11.8 Å². The summed E-state index contributed by atoms with van der Waals surface area (Å²) >= 11 is 2.81. The minimum Gasteiger partial charge on any atom is -0.382 e.